The lowest BCUT2D eigenvalue weighted by molar-refractivity contribution is 0.519. The van der Waals surface area contributed by atoms with E-state index in [0.29, 0.717) is 43.6 Å². The molecule has 0 aliphatic carbocycles. The van der Waals surface area contributed by atoms with Crippen LogP contribution >= 0.6 is 23.1 Å². The Hall–Kier alpha value is -3.17. The third-order valence-corrected chi connectivity index (χ3v) is 6.75. The van der Waals surface area contributed by atoms with Gasteiger partial charge in [0.2, 0.25) is 0 Å². The molecular weight excluding hydrogens is 432 g/mol. The van der Waals surface area contributed by atoms with Crippen LogP contribution in [0.25, 0.3) is 32.4 Å². The number of para-hydroxylation sites is 1. The molecule has 0 amide bonds. The molecule has 0 saturated heterocycles. The summed E-state index contributed by atoms with van der Waals surface area (Å²) < 4.78 is 7.12. The highest BCUT2D eigenvalue weighted by Gasteiger charge is 2.17. The summed E-state index contributed by atoms with van der Waals surface area (Å²) in [6, 6.07) is 10.9. The van der Waals surface area contributed by atoms with Crippen molar-refractivity contribution < 1.29 is 4.42 Å². The molecule has 7 nitrogen and oxygen atoms in total. The predicted octanol–water partition coefficient (Wildman–Crippen LogP) is 4.83. The fraction of sp³-hybridized carbons (Fsp3) is 0.182. The highest BCUT2D eigenvalue weighted by atomic mass is 32.2. The van der Waals surface area contributed by atoms with Crippen molar-refractivity contribution in [3.8, 4) is 11.3 Å². The fourth-order valence-electron chi connectivity index (χ4n) is 3.49. The molecule has 0 saturated carbocycles. The Labute approximate surface area is 184 Å². The summed E-state index contributed by atoms with van der Waals surface area (Å²) in [5.41, 5.74) is 1.12. The first-order chi connectivity index (χ1) is 15.0. The number of benzene rings is 1. The van der Waals surface area contributed by atoms with Gasteiger partial charge in [0.1, 0.15) is 16.4 Å². The largest absolute Gasteiger partial charge is 0.464 e. The molecule has 0 fully saturated rings. The lowest BCUT2D eigenvalue weighted by atomic mass is 10.2. The first-order valence-electron chi connectivity index (χ1n) is 9.71. The van der Waals surface area contributed by atoms with Gasteiger partial charge in [0.25, 0.3) is 11.1 Å². The summed E-state index contributed by atoms with van der Waals surface area (Å²) in [7, 11) is 0. The minimum atomic E-state index is -0.207. The molecule has 5 aromatic rings. The van der Waals surface area contributed by atoms with Crippen LogP contribution in [-0.4, -0.2) is 19.5 Å². The van der Waals surface area contributed by atoms with Gasteiger partial charge < -0.3 is 9.40 Å². The molecule has 1 aromatic carbocycles. The third-order valence-electron chi connectivity index (χ3n) is 4.91. The molecule has 0 atom stereocenters. The van der Waals surface area contributed by atoms with Crippen LogP contribution in [0.2, 0.25) is 0 Å². The SMILES string of the molecule is CC(C)n1c(SCc2nc3scc(-c4ccco4)c3c(=O)[nH]2)nc2ccccc2c1=O. The number of H-pyrrole nitrogens is 1. The second-order valence-corrected chi connectivity index (χ2v) is 9.09. The summed E-state index contributed by atoms with van der Waals surface area (Å²) in [5.74, 6) is 1.56. The highest BCUT2D eigenvalue weighted by Crippen LogP contribution is 2.31. The van der Waals surface area contributed by atoms with Crippen molar-refractivity contribution in [2.75, 3.05) is 0 Å². The van der Waals surface area contributed by atoms with Gasteiger partial charge in [0.05, 0.1) is 28.3 Å². The normalized spacial score (nSPS) is 11.7. The molecule has 0 spiro atoms. The number of aromatic amines is 1. The maximum atomic E-state index is 13.0. The molecule has 5 rings (SSSR count). The summed E-state index contributed by atoms with van der Waals surface area (Å²) in [5, 5.41) is 3.60. The smallest absolute Gasteiger partial charge is 0.262 e. The van der Waals surface area contributed by atoms with Gasteiger partial charge in [-0.05, 0) is 38.1 Å². The van der Waals surface area contributed by atoms with Gasteiger partial charge in [-0.1, -0.05) is 23.9 Å². The number of furan rings is 1. The van der Waals surface area contributed by atoms with E-state index in [1.165, 1.54) is 23.1 Å². The van der Waals surface area contributed by atoms with E-state index < -0.39 is 0 Å². The molecular formula is C22H18N4O3S2. The van der Waals surface area contributed by atoms with E-state index in [1.54, 1.807) is 23.0 Å². The summed E-state index contributed by atoms with van der Waals surface area (Å²) in [6.07, 6.45) is 1.58. The van der Waals surface area contributed by atoms with Crippen molar-refractivity contribution in [2.45, 2.75) is 30.8 Å². The second-order valence-electron chi connectivity index (χ2n) is 7.29. The minimum Gasteiger partial charge on any atom is -0.464 e. The Morgan fingerprint density at radius 2 is 2.00 bits per heavy atom. The summed E-state index contributed by atoms with van der Waals surface area (Å²) in [6.45, 7) is 3.91. The first kappa shape index (κ1) is 19.8. The number of thiophene rings is 1. The topological polar surface area (TPSA) is 93.8 Å². The van der Waals surface area contributed by atoms with Crippen LogP contribution < -0.4 is 11.1 Å². The van der Waals surface area contributed by atoms with Crippen LogP contribution in [0.3, 0.4) is 0 Å². The Bertz CT molecular complexity index is 1510. The molecule has 4 aromatic heterocycles. The maximum absolute atomic E-state index is 13.0. The van der Waals surface area contributed by atoms with E-state index in [4.69, 9.17) is 9.40 Å². The Balaban J connectivity index is 1.52. The molecule has 4 heterocycles. The van der Waals surface area contributed by atoms with Crippen molar-refractivity contribution in [1.29, 1.82) is 0 Å². The Kier molecular flexibility index (Phi) is 4.99. The number of rotatable bonds is 5. The molecule has 156 valence electrons. The van der Waals surface area contributed by atoms with Crippen LogP contribution in [0.4, 0.5) is 0 Å². The van der Waals surface area contributed by atoms with Crippen molar-refractivity contribution in [1.82, 2.24) is 19.5 Å². The van der Waals surface area contributed by atoms with Gasteiger partial charge in [0, 0.05) is 17.0 Å². The number of thioether (sulfide) groups is 1. The number of aromatic nitrogens is 4. The van der Waals surface area contributed by atoms with Crippen LogP contribution in [0.5, 0.6) is 0 Å². The predicted molar refractivity (Wildman–Crippen MR) is 124 cm³/mol. The number of nitrogens with zero attached hydrogens (tertiary/aromatic N) is 3. The summed E-state index contributed by atoms with van der Waals surface area (Å²) in [4.78, 5) is 38.6. The monoisotopic (exact) mass is 450 g/mol. The van der Waals surface area contributed by atoms with Crippen LogP contribution in [0.15, 0.2) is 67.2 Å². The van der Waals surface area contributed by atoms with Crippen molar-refractivity contribution in [2.24, 2.45) is 0 Å². The highest BCUT2D eigenvalue weighted by molar-refractivity contribution is 7.98. The number of fused-ring (bicyclic) bond motifs is 2. The van der Waals surface area contributed by atoms with Crippen molar-refractivity contribution in [3.05, 3.63) is 74.6 Å². The molecule has 1 N–H and O–H groups in total. The third kappa shape index (κ3) is 3.49. The zero-order valence-electron chi connectivity index (χ0n) is 16.8. The van der Waals surface area contributed by atoms with E-state index in [9.17, 15) is 9.59 Å². The van der Waals surface area contributed by atoms with E-state index in [-0.39, 0.29) is 17.2 Å². The zero-order valence-corrected chi connectivity index (χ0v) is 18.4. The lowest BCUT2D eigenvalue weighted by Crippen LogP contribution is -2.25. The average molecular weight is 451 g/mol. The van der Waals surface area contributed by atoms with Gasteiger partial charge in [-0.3, -0.25) is 14.2 Å². The molecule has 0 aliphatic rings. The molecule has 0 bridgehead atoms. The van der Waals surface area contributed by atoms with Crippen molar-refractivity contribution in [3.63, 3.8) is 0 Å². The lowest BCUT2D eigenvalue weighted by Gasteiger charge is -2.15. The van der Waals surface area contributed by atoms with E-state index >= 15 is 0 Å². The zero-order chi connectivity index (χ0) is 21.5. The van der Waals surface area contributed by atoms with Gasteiger partial charge in [0.15, 0.2) is 5.16 Å². The standard InChI is InChI=1S/C22H18N4O3S2/c1-12(2)26-21(28)13-6-3-4-7-15(13)23-22(26)31-11-17-24-19(27)18-14(10-30-20(18)25-17)16-8-5-9-29-16/h3-10,12H,11H2,1-2H3,(H,24,25,27). The average Bonchev–Trinajstić information content (AvgIpc) is 3.42. The van der Waals surface area contributed by atoms with Gasteiger partial charge >= 0.3 is 0 Å². The van der Waals surface area contributed by atoms with E-state index in [2.05, 4.69) is 9.97 Å². The molecule has 0 radical (unpaired) electrons. The maximum Gasteiger partial charge on any atom is 0.262 e. The molecule has 0 unspecified atom stereocenters. The molecule has 31 heavy (non-hydrogen) atoms. The van der Waals surface area contributed by atoms with Crippen LogP contribution in [-0.2, 0) is 5.75 Å². The van der Waals surface area contributed by atoms with E-state index in [1.807, 2.05) is 43.5 Å². The van der Waals surface area contributed by atoms with Crippen molar-refractivity contribution >= 4 is 44.2 Å². The van der Waals surface area contributed by atoms with Crippen LogP contribution in [0, 0.1) is 0 Å². The Morgan fingerprint density at radius 1 is 1.16 bits per heavy atom. The van der Waals surface area contributed by atoms with Gasteiger partial charge in [-0.2, -0.15) is 0 Å². The first-order valence-corrected chi connectivity index (χ1v) is 11.6. The fourth-order valence-corrected chi connectivity index (χ4v) is 5.44. The number of hydrogen-bond acceptors (Lipinski definition) is 7. The summed E-state index contributed by atoms with van der Waals surface area (Å²) >= 11 is 2.79. The number of nitrogens with one attached hydrogen (secondary N) is 1. The Morgan fingerprint density at radius 3 is 2.77 bits per heavy atom. The molecule has 0 aliphatic heterocycles. The minimum absolute atomic E-state index is 0.0465. The number of hydrogen-bond donors (Lipinski definition) is 1. The van der Waals surface area contributed by atoms with Crippen LogP contribution in [0.1, 0.15) is 25.7 Å². The van der Waals surface area contributed by atoms with E-state index in [0.717, 1.165) is 5.56 Å². The quantitative estimate of drug-likeness (QED) is 0.305. The van der Waals surface area contributed by atoms with Gasteiger partial charge in [-0.25, -0.2) is 9.97 Å². The molecule has 9 heteroatoms. The second kappa shape index (κ2) is 7.82. The van der Waals surface area contributed by atoms with Gasteiger partial charge in [-0.15, -0.1) is 11.3 Å².